The number of hydrogen-bond acceptors (Lipinski definition) is 3. The van der Waals surface area contributed by atoms with Gasteiger partial charge in [-0.2, -0.15) is 0 Å². The van der Waals surface area contributed by atoms with Crippen LogP contribution in [0.3, 0.4) is 0 Å². The highest BCUT2D eigenvalue weighted by molar-refractivity contribution is 5.24. The van der Waals surface area contributed by atoms with Crippen LogP contribution in [0.2, 0.25) is 0 Å². The summed E-state index contributed by atoms with van der Waals surface area (Å²) in [5, 5.41) is 6.83. The monoisotopic (exact) mass is 265 g/mol. The van der Waals surface area contributed by atoms with Gasteiger partial charge in [-0.25, -0.2) is 4.39 Å². The predicted molar refractivity (Wildman–Crippen MR) is 76.7 cm³/mol. The number of benzene rings is 1. The maximum Gasteiger partial charge on any atom is 0.123 e. The molecule has 3 nitrogen and oxygen atoms in total. The lowest BCUT2D eigenvalue weighted by atomic mass is 9.84. The van der Waals surface area contributed by atoms with Crippen LogP contribution in [-0.2, 0) is 5.41 Å². The van der Waals surface area contributed by atoms with Gasteiger partial charge in [0.15, 0.2) is 0 Å². The first-order valence-corrected chi connectivity index (χ1v) is 6.98. The highest BCUT2D eigenvalue weighted by Crippen LogP contribution is 2.22. The van der Waals surface area contributed by atoms with E-state index >= 15 is 0 Å². The van der Waals surface area contributed by atoms with Gasteiger partial charge in [-0.1, -0.05) is 26.0 Å². The van der Waals surface area contributed by atoms with Crippen LogP contribution in [0.5, 0.6) is 0 Å². The van der Waals surface area contributed by atoms with E-state index in [1.165, 1.54) is 6.07 Å². The van der Waals surface area contributed by atoms with Gasteiger partial charge in [0, 0.05) is 44.8 Å². The first-order chi connectivity index (χ1) is 9.08. The standard InChI is InChI=1S/C15H24FN3/c1-15(2,13-4-3-5-14(16)10-13)11-18-12-19-8-6-17-7-9-19/h3-5,10,17-18H,6-9,11-12H2,1-2H3. The molecule has 0 unspecified atom stereocenters. The van der Waals surface area contributed by atoms with Gasteiger partial charge in [0.2, 0.25) is 0 Å². The molecular weight excluding hydrogens is 241 g/mol. The van der Waals surface area contributed by atoms with Crippen molar-refractivity contribution < 1.29 is 4.39 Å². The largest absolute Gasteiger partial charge is 0.314 e. The van der Waals surface area contributed by atoms with Crippen molar-refractivity contribution in [2.24, 2.45) is 0 Å². The van der Waals surface area contributed by atoms with Crippen molar-refractivity contribution in [2.75, 3.05) is 39.4 Å². The smallest absolute Gasteiger partial charge is 0.123 e. The van der Waals surface area contributed by atoms with Gasteiger partial charge in [0.25, 0.3) is 0 Å². The van der Waals surface area contributed by atoms with Gasteiger partial charge in [0.1, 0.15) is 5.82 Å². The van der Waals surface area contributed by atoms with E-state index in [0.717, 1.165) is 45.0 Å². The van der Waals surface area contributed by atoms with Crippen molar-refractivity contribution in [3.05, 3.63) is 35.6 Å². The molecule has 2 N–H and O–H groups in total. The molecule has 1 heterocycles. The molecule has 1 aromatic carbocycles. The summed E-state index contributed by atoms with van der Waals surface area (Å²) in [7, 11) is 0. The molecule has 0 aromatic heterocycles. The van der Waals surface area contributed by atoms with Crippen LogP contribution in [0.1, 0.15) is 19.4 Å². The number of nitrogens with one attached hydrogen (secondary N) is 2. The van der Waals surface area contributed by atoms with Crippen LogP contribution >= 0.6 is 0 Å². The summed E-state index contributed by atoms with van der Waals surface area (Å²) >= 11 is 0. The zero-order valence-electron chi connectivity index (χ0n) is 11.9. The first kappa shape index (κ1) is 14.4. The van der Waals surface area contributed by atoms with Crippen molar-refractivity contribution in [3.8, 4) is 0 Å². The molecule has 19 heavy (non-hydrogen) atoms. The topological polar surface area (TPSA) is 27.3 Å². The lowest BCUT2D eigenvalue weighted by molar-refractivity contribution is 0.218. The molecule has 0 saturated carbocycles. The maximum absolute atomic E-state index is 13.3. The molecule has 1 aliphatic rings. The maximum atomic E-state index is 13.3. The van der Waals surface area contributed by atoms with Crippen LogP contribution in [0.15, 0.2) is 24.3 Å². The molecule has 106 valence electrons. The first-order valence-electron chi connectivity index (χ1n) is 6.98. The normalized spacial score (nSPS) is 17.6. The second kappa shape index (κ2) is 6.46. The summed E-state index contributed by atoms with van der Waals surface area (Å²) in [5.41, 5.74) is 0.983. The number of nitrogens with zero attached hydrogens (tertiary/aromatic N) is 1. The van der Waals surface area contributed by atoms with Crippen molar-refractivity contribution in [1.82, 2.24) is 15.5 Å². The molecule has 2 rings (SSSR count). The van der Waals surface area contributed by atoms with E-state index in [0.29, 0.717) is 0 Å². The molecule has 0 atom stereocenters. The highest BCUT2D eigenvalue weighted by Gasteiger charge is 2.21. The Morgan fingerprint density at radius 1 is 1.32 bits per heavy atom. The zero-order valence-corrected chi connectivity index (χ0v) is 11.9. The second-order valence-corrected chi connectivity index (χ2v) is 5.85. The summed E-state index contributed by atoms with van der Waals surface area (Å²) in [4.78, 5) is 2.40. The number of piperazine rings is 1. The molecule has 1 aliphatic heterocycles. The quantitative estimate of drug-likeness (QED) is 0.846. The van der Waals surface area contributed by atoms with E-state index < -0.39 is 0 Å². The molecule has 0 spiro atoms. The van der Waals surface area contributed by atoms with Gasteiger partial charge < -0.3 is 10.6 Å². The summed E-state index contributed by atoms with van der Waals surface area (Å²) < 4.78 is 13.3. The fourth-order valence-corrected chi connectivity index (χ4v) is 2.41. The summed E-state index contributed by atoms with van der Waals surface area (Å²) in [6.07, 6.45) is 0. The van der Waals surface area contributed by atoms with Gasteiger partial charge in [0.05, 0.1) is 0 Å². The Morgan fingerprint density at radius 2 is 2.05 bits per heavy atom. The molecule has 0 aliphatic carbocycles. The van der Waals surface area contributed by atoms with Crippen LogP contribution < -0.4 is 10.6 Å². The third kappa shape index (κ3) is 4.27. The van der Waals surface area contributed by atoms with Gasteiger partial charge in [-0.05, 0) is 17.7 Å². The average molecular weight is 265 g/mol. The lowest BCUT2D eigenvalue weighted by Gasteiger charge is -2.30. The Kier molecular flexibility index (Phi) is 4.91. The molecule has 0 amide bonds. The highest BCUT2D eigenvalue weighted by atomic mass is 19.1. The number of rotatable bonds is 5. The summed E-state index contributed by atoms with van der Waals surface area (Å²) in [6, 6.07) is 6.90. The van der Waals surface area contributed by atoms with Gasteiger partial charge in [-0.15, -0.1) is 0 Å². The van der Waals surface area contributed by atoms with E-state index in [1.807, 2.05) is 6.07 Å². The van der Waals surface area contributed by atoms with E-state index in [4.69, 9.17) is 0 Å². The van der Waals surface area contributed by atoms with Gasteiger partial charge in [-0.3, -0.25) is 4.90 Å². The Morgan fingerprint density at radius 3 is 2.74 bits per heavy atom. The molecule has 4 heteroatoms. The minimum atomic E-state index is -0.160. The molecule has 0 radical (unpaired) electrons. The van der Waals surface area contributed by atoms with Crippen molar-refractivity contribution in [2.45, 2.75) is 19.3 Å². The Hall–Kier alpha value is -0.970. The summed E-state index contributed by atoms with van der Waals surface area (Å²) in [6.45, 7) is 10.4. The zero-order chi connectivity index (χ0) is 13.7. The molecule has 1 saturated heterocycles. The number of hydrogen-bond donors (Lipinski definition) is 2. The van der Waals surface area contributed by atoms with Crippen LogP contribution in [-0.4, -0.2) is 44.3 Å². The van der Waals surface area contributed by atoms with E-state index in [-0.39, 0.29) is 11.2 Å². The molecule has 1 aromatic rings. The minimum Gasteiger partial charge on any atom is -0.314 e. The van der Waals surface area contributed by atoms with E-state index in [9.17, 15) is 4.39 Å². The lowest BCUT2D eigenvalue weighted by Crippen LogP contribution is -2.48. The fraction of sp³-hybridized carbons (Fsp3) is 0.600. The van der Waals surface area contributed by atoms with Gasteiger partial charge >= 0.3 is 0 Å². The molecule has 0 bridgehead atoms. The fourth-order valence-electron chi connectivity index (χ4n) is 2.41. The van der Waals surface area contributed by atoms with Crippen LogP contribution in [0.4, 0.5) is 4.39 Å². The van der Waals surface area contributed by atoms with Crippen molar-refractivity contribution >= 4 is 0 Å². The van der Waals surface area contributed by atoms with Crippen LogP contribution in [0.25, 0.3) is 0 Å². The van der Waals surface area contributed by atoms with Crippen molar-refractivity contribution in [1.29, 1.82) is 0 Å². The Labute approximate surface area is 115 Å². The molecule has 1 fully saturated rings. The van der Waals surface area contributed by atoms with Crippen LogP contribution in [0, 0.1) is 5.82 Å². The predicted octanol–water partition coefficient (Wildman–Crippen LogP) is 1.56. The summed E-state index contributed by atoms with van der Waals surface area (Å²) in [5.74, 6) is -0.160. The Balaban J connectivity index is 1.83. The third-order valence-electron chi connectivity index (χ3n) is 3.72. The third-order valence-corrected chi connectivity index (χ3v) is 3.72. The molecular formula is C15H24FN3. The SMILES string of the molecule is CC(C)(CNCN1CCNCC1)c1cccc(F)c1. The van der Waals surface area contributed by atoms with E-state index in [2.05, 4.69) is 29.4 Å². The Bertz CT molecular complexity index is 400. The van der Waals surface area contributed by atoms with E-state index in [1.54, 1.807) is 12.1 Å². The minimum absolute atomic E-state index is 0.0594. The number of halogens is 1. The second-order valence-electron chi connectivity index (χ2n) is 5.85. The average Bonchev–Trinajstić information content (AvgIpc) is 2.40. The van der Waals surface area contributed by atoms with Crippen molar-refractivity contribution in [3.63, 3.8) is 0 Å².